The highest BCUT2D eigenvalue weighted by molar-refractivity contribution is 5.21. The number of nitrogens with zero attached hydrogens (tertiary/aromatic N) is 3. The minimum atomic E-state index is 0.144. The maximum absolute atomic E-state index is 4.11. The van der Waals surface area contributed by atoms with Gasteiger partial charge in [-0.2, -0.15) is 10.2 Å². The van der Waals surface area contributed by atoms with Gasteiger partial charge in [0.15, 0.2) is 0 Å². The highest BCUT2D eigenvalue weighted by atomic mass is 15.1. The molecular formula is C17H29N3. The maximum Gasteiger partial charge on any atom is 0.0603 e. The Morgan fingerprint density at radius 1 is 1.30 bits per heavy atom. The summed E-state index contributed by atoms with van der Waals surface area (Å²) in [4.78, 5) is 2.62. The summed E-state index contributed by atoms with van der Waals surface area (Å²) in [7, 11) is 0. The van der Waals surface area contributed by atoms with Crippen LogP contribution in [0.2, 0.25) is 0 Å². The van der Waals surface area contributed by atoms with Gasteiger partial charge in [0, 0.05) is 12.0 Å². The first-order valence-corrected chi connectivity index (χ1v) is 7.90. The lowest BCUT2D eigenvalue weighted by molar-refractivity contribution is 0.136. The van der Waals surface area contributed by atoms with E-state index in [1.54, 1.807) is 0 Å². The molecule has 0 aliphatic carbocycles. The average Bonchev–Trinajstić information content (AvgIpc) is 2.39. The van der Waals surface area contributed by atoms with Crippen molar-refractivity contribution in [3.05, 3.63) is 23.5 Å². The molecule has 1 aliphatic rings. The van der Waals surface area contributed by atoms with Crippen LogP contribution in [0.5, 0.6) is 0 Å². The van der Waals surface area contributed by atoms with Crippen molar-refractivity contribution in [1.29, 1.82) is 0 Å². The normalized spacial score (nSPS) is 18.7. The van der Waals surface area contributed by atoms with Crippen molar-refractivity contribution in [2.24, 2.45) is 11.8 Å². The lowest BCUT2D eigenvalue weighted by Gasteiger charge is -2.38. The second kappa shape index (κ2) is 6.21. The summed E-state index contributed by atoms with van der Waals surface area (Å²) in [5.41, 5.74) is 2.45. The van der Waals surface area contributed by atoms with Crippen LogP contribution in [0.15, 0.2) is 12.3 Å². The minimum Gasteiger partial charge on any atom is -0.302 e. The molecule has 2 heterocycles. The lowest BCUT2D eigenvalue weighted by atomic mass is 9.82. The fourth-order valence-corrected chi connectivity index (χ4v) is 3.27. The minimum absolute atomic E-state index is 0.144. The van der Waals surface area contributed by atoms with Gasteiger partial charge < -0.3 is 4.90 Å². The Balaban J connectivity index is 1.96. The third kappa shape index (κ3) is 3.78. The van der Waals surface area contributed by atoms with Crippen LogP contribution in [0.1, 0.15) is 51.8 Å². The zero-order valence-electron chi connectivity index (χ0n) is 13.7. The zero-order chi connectivity index (χ0) is 14.8. The van der Waals surface area contributed by atoms with E-state index < -0.39 is 0 Å². The van der Waals surface area contributed by atoms with Crippen LogP contribution < -0.4 is 0 Å². The van der Waals surface area contributed by atoms with Crippen molar-refractivity contribution in [1.82, 2.24) is 15.1 Å². The van der Waals surface area contributed by atoms with Gasteiger partial charge in [-0.1, -0.05) is 27.7 Å². The first kappa shape index (κ1) is 15.4. The van der Waals surface area contributed by atoms with Crippen LogP contribution in [0, 0.1) is 18.8 Å². The summed E-state index contributed by atoms with van der Waals surface area (Å²) in [6.45, 7) is 15.0. The molecule has 0 spiro atoms. The molecule has 0 unspecified atom stereocenters. The van der Waals surface area contributed by atoms with Crippen molar-refractivity contribution in [3.63, 3.8) is 0 Å². The van der Waals surface area contributed by atoms with E-state index in [1.165, 1.54) is 31.5 Å². The molecule has 3 heteroatoms. The van der Waals surface area contributed by atoms with E-state index in [2.05, 4.69) is 48.9 Å². The van der Waals surface area contributed by atoms with E-state index in [4.69, 9.17) is 0 Å². The second-order valence-corrected chi connectivity index (χ2v) is 7.33. The SMILES string of the molecule is Cc1cc(C(C)(C)CN2CCC(C(C)C)CC2)cnn1. The molecule has 20 heavy (non-hydrogen) atoms. The van der Waals surface area contributed by atoms with E-state index >= 15 is 0 Å². The maximum atomic E-state index is 4.11. The van der Waals surface area contributed by atoms with Crippen LogP contribution >= 0.6 is 0 Å². The summed E-state index contributed by atoms with van der Waals surface area (Å²) in [5, 5.41) is 8.18. The van der Waals surface area contributed by atoms with Gasteiger partial charge in [-0.3, -0.25) is 0 Å². The monoisotopic (exact) mass is 275 g/mol. The third-order valence-electron chi connectivity index (χ3n) is 4.75. The quantitative estimate of drug-likeness (QED) is 0.843. The summed E-state index contributed by atoms with van der Waals surface area (Å²) < 4.78 is 0. The van der Waals surface area contributed by atoms with Gasteiger partial charge in [-0.25, -0.2) is 0 Å². The predicted octanol–water partition coefficient (Wildman–Crippen LogP) is 3.43. The molecule has 0 radical (unpaired) electrons. The average molecular weight is 275 g/mol. The first-order chi connectivity index (χ1) is 9.38. The topological polar surface area (TPSA) is 29.0 Å². The van der Waals surface area contributed by atoms with Gasteiger partial charge in [0.05, 0.1) is 11.9 Å². The smallest absolute Gasteiger partial charge is 0.0603 e. The van der Waals surface area contributed by atoms with Crippen LogP contribution in [0.3, 0.4) is 0 Å². The second-order valence-electron chi connectivity index (χ2n) is 7.33. The molecule has 3 nitrogen and oxygen atoms in total. The Labute approximate surface area is 123 Å². The molecule has 0 atom stereocenters. The van der Waals surface area contributed by atoms with Crippen molar-refractivity contribution in [2.45, 2.75) is 52.9 Å². The predicted molar refractivity (Wildman–Crippen MR) is 83.8 cm³/mol. The van der Waals surface area contributed by atoms with E-state index in [0.29, 0.717) is 0 Å². The number of hydrogen-bond donors (Lipinski definition) is 0. The molecule has 1 saturated heterocycles. The van der Waals surface area contributed by atoms with Crippen molar-refractivity contribution in [2.75, 3.05) is 19.6 Å². The molecule has 1 aromatic heterocycles. The third-order valence-corrected chi connectivity index (χ3v) is 4.75. The Bertz CT molecular complexity index is 432. The molecule has 0 bridgehead atoms. The van der Waals surface area contributed by atoms with Crippen molar-refractivity contribution in [3.8, 4) is 0 Å². The molecule has 1 aromatic rings. The van der Waals surface area contributed by atoms with Crippen molar-refractivity contribution < 1.29 is 0 Å². The van der Waals surface area contributed by atoms with Crippen LogP contribution in [-0.2, 0) is 5.41 Å². The number of aryl methyl sites for hydroxylation is 1. The molecular weight excluding hydrogens is 246 g/mol. The van der Waals surface area contributed by atoms with Gasteiger partial charge in [0.25, 0.3) is 0 Å². The summed E-state index contributed by atoms with van der Waals surface area (Å²) in [6.07, 6.45) is 4.62. The molecule has 0 amide bonds. The van der Waals surface area contributed by atoms with Gasteiger partial charge in [-0.15, -0.1) is 0 Å². The lowest BCUT2D eigenvalue weighted by Crippen LogP contribution is -2.42. The largest absolute Gasteiger partial charge is 0.302 e. The molecule has 1 fully saturated rings. The molecule has 2 rings (SSSR count). The van der Waals surface area contributed by atoms with Crippen molar-refractivity contribution >= 4 is 0 Å². The molecule has 1 aliphatic heterocycles. The van der Waals surface area contributed by atoms with Gasteiger partial charge in [0.2, 0.25) is 0 Å². The van der Waals surface area contributed by atoms with Crippen LogP contribution in [-0.4, -0.2) is 34.7 Å². The van der Waals surface area contributed by atoms with Crippen LogP contribution in [0.4, 0.5) is 0 Å². The van der Waals surface area contributed by atoms with Gasteiger partial charge >= 0.3 is 0 Å². The van der Waals surface area contributed by atoms with E-state index in [-0.39, 0.29) is 5.41 Å². The number of aromatic nitrogens is 2. The molecule has 0 N–H and O–H groups in total. The zero-order valence-corrected chi connectivity index (χ0v) is 13.7. The summed E-state index contributed by atoms with van der Waals surface area (Å²) in [6, 6.07) is 2.17. The Kier molecular flexibility index (Phi) is 4.79. The fourth-order valence-electron chi connectivity index (χ4n) is 3.27. The summed E-state index contributed by atoms with van der Waals surface area (Å²) in [5.74, 6) is 1.75. The highest BCUT2D eigenvalue weighted by Gasteiger charge is 2.28. The Morgan fingerprint density at radius 3 is 2.50 bits per heavy atom. The van der Waals surface area contributed by atoms with E-state index in [1.807, 2.05) is 13.1 Å². The Hall–Kier alpha value is -0.960. The number of hydrogen-bond acceptors (Lipinski definition) is 3. The molecule has 0 saturated carbocycles. The van der Waals surface area contributed by atoms with E-state index in [0.717, 1.165) is 24.1 Å². The highest BCUT2D eigenvalue weighted by Crippen LogP contribution is 2.29. The fraction of sp³-hybridized carbons (Fsp3) is 0.765. The Morgan fingerprint density at radius 2 is 1.95 bits per heavy atom. The summed E-state index contributed by atoms with van der Waals surface area (Å²) >= 11 is 0. The van der Waals surface area contributed by atoms with Gasteiger partial charge in [-0.05, 0) is 56.3 Å². The molecule has 112 valence electrons. The number of likely N-dealkylation sites (tertiary alicyclic amines) is 1. The van der Waals surface area contributed by atoms with E-state index in [9.17, 15) is 0 Å². The number of piperidine rings is 1. The standard InChI is InChI=1S/C17H29N3/c1-13(2)15-6-8-20(9-7-15)12-17(4,5)16-10-14(3)19-18-11-16/h10-11,13,15H,6-9,12H2,1-5H3. The van der Waals surface area contributed by atoms with Crippen LogP contribution in [0.25, 0.3) is 0 Å². The van der Waals surface area contributed by atoms with Gasteiger partial charge in [0.1, 0.15) is 0 Å². The number of rotatable bonds is 4. The first-order valence-electron chi connectivity index (χ1n) is 7.90. The molecule has 0 aromatic carbocycles.